The molecule has 2 aliphatic heterocycles. The average molecular weight is 464 g/mol. The molecule has 2 atom stereocenters. The summed E-state index contributed by atoms with van der Waals surface area (Å²) in [5, 5.41) is 13.4. The van der Waals surface area contributed by atoms with Crippen LogP contribution in [0.5, 0.6) is 11.5 Å². The molecule has 0 spiro atoms. The van der Waals surface area contributed by atoms with Gasteiger partial charge in [-0.2, -0.15) is 5.26 Å². The van der Waals surface area contributed by atoms with Crippen molar-refractivity contribution in [3.8, 4) is 17.6 Å². The summed E-state index contributed by atoms with van der Waals surface area (Å²) in [7, 11) is 0. The van der Waals surface area contributed by atoms with E-state index in [1.165, 1.54) is 6.07 Å². The van der Waals surface area contributed by atoms with E-state index in [0.717, 1.165) is 23.1 Å². The number of halogens is 1. The van der Waals surface area contributed by atoms with E-state index in [1.807, 2.05) is 17.0 Å². The highest BCUT2D eigenvalue weighted by Gasteiger charge is 2.29. The van der Waals surface area contributed by atoms with Gasteiger partial charge in [-0.3, -0.25) is 14.7 Å². The number of aromatic nitrogens is 2. The SMILES string of the molecule is N#Cc1ccc2ccc(=O)n(CCN3CC[C@H](NCc4cc5c(cn4)OCCO5)[C@H](F)C3)c2c1. The van der Waals surface area contributed by atoms with Gasteiger partial charge in [0, 0.05) is 44.4 Å². The van der Waals surface area contributed by atoms with Crippen LogP contribution in [0.1, 0.15) is 17.7 Å². The number of fused-ring (bicyclic) bond motifs is 2. The largest absolute Gasteiger partial charge is 0.486 e. The number of likely N-dealkylation sites (tertiary alicyclic amines) is 1. The Bertz CT molecular complexity index is 1290. The van der Waals surface area contributed by atoms with Crippen molar-refractivity contribution in [1.29, 1.82) is 5.26 Å². The number of hydrogen-bond acceptors (Lipinski definition) is 7. The molecular formula is C25H26FN5O3. The Morgan fingerprint density at radius 1 is 1.15 bits per heavy atom. The highest BCUT2D eigenvalue weighted by molar-refractivity contribution is 5.80. The molecule has 1 N–H and O–H groups in total. The molecule has 1 fully saturated rings. The first-order chi connectivity index (χ1) is 16.6. The summed E-state index contributed by atoms with van der Waals surface area (Å²) in [4.78, 5) is 18.9. The molecule has 1 aromatic carbocycles. The number of hydrogen-bond donors (Lipinski definition) is 1. The van der Waals surface area contributed by atoms with Gasteiger partial charge in [0.15, 0.2) is 11.5 Å². The molecule has 0 saturated carbocycles. The molecule has 0 bridgehead atoms. The van der Waals surface area contributed by atoms with Gasteiger partial charge in [0.1, 0.15) is 19.4 Å². The molecule has 8 nitrogen and oxygen atoms in total. The monoisotopic (exact) mass is 463 g/mol. The number of nitriles is 1. The zero-order valence-corrected chi connectivity index (χ0v) is 18.7. The maximum atomic E-state index is 15.0. The lowest BCUT2D eigenvalue weighted by molar-refractivity contribution is 0.100. The summed E-state index contributed by atoms with van der Waals surface area (Å²) >= 11 is 0. The van der Waals surface area contributed by atoms with Gasteiger partial charge in [-0.05, 0) is 36.6 Å². The Morgan fingerprint density at radius 2 is 1.97 bits per heavy atom. The molecule has 9 heteroatoms. The first kappa shape index (κ1) is 22.3. The number of nitrogens with one attached hydrogen (secondary N) is 1. The van der Waals surface area contributed by atoms with E-state index in [9.17, 15) is 14.4 Å². The summed E-state index contributed by atoms with van der Waals surface area (Å²) in [6.45, 7) is 3.52. The van der Waals surface area contributed by atoms with Crippen molar-refractivity contribution in [2.75, 3.05) is 32.8 Å². The Morgan fingerprint density at radius 3 is 2.79 bits per heavy atom. The van der Waals surface area contributed by atoms with E-state index in [-0.39, 0.29) is 11.6 Å². The molecule has 4 heterocycles. The van der Waals surface area contributed by atoms with Crippen LogP contribution in [-0.4, -0.2) is 59.5 Å². The van der Waals surface area contributed by atoms with Crippen LogP contribution in [0.15, 0.2) is 47.4 Å². The van der Waals surface area contributed by atoms with E-state index in [2.05, 4.69) is 16.4 Å². The van der Waals surface area contributed by atoms with E-state index >= 15 is 0 Å². The Balaban J connectivity index is 1.17. The van der Waals surface area contributed by atoms with Crippen molar-refractivity contribution in [3.63, 3.8) is 0 Å². The van der Waals surface area contributed by atoms with Gasteiger partial charge in [0.2, 0.25) is 0 Å². The molecule has 0 aliphatic carbocycles. The minimum atomic E-state index is -1.03. The van der Waals surface area contributed by atoms with E-state index < -0.39 is 6.17 Å². The van der Waals surface area contributed by atoms with Gasteiger partial charge in [0.05, 0.1) is 29.0 Å². The number of pyridine rings is 2. The van der Waals surface area contributed by atoms with Gasteiger partial charge in [-0.15, -0.1) is 0 Å². The summed E-state index contributed by atoms with van der Waals surface area (Å²) < 4.78 is 27.7. The topological polar surface area (TPSA) is 92.4 Å². The standard InChI is InChI=1S/C25H26FN5O3/c26-20-16-30(7-8-31-22-11-17(13-27)1-2-18(22)3-4-25(31)32)6-5-21(20)29-14-19-12-23-24(15-28-19)34-10-9-33-23/h1-4,11-12,15,20-21,29H,5-10,14,16H2/t20-,21+/m1/s1. The lowest BCUT2D eigenvalue weighted by Crippen LogP contribution is -2.51. The third kappa shape index (κ3) is 4.74. The van der Waals surface area contributed by atoms with Crippen molar-refractivity contribution in [1.82, 2.24) is 19.8 Å². The summed E-state index contributed by atoms with van der Waals surface area (Å²) in [6, 6.07) is 12.3. The summed E-state index contributed by atoms with van der Waals surface area (Å²) in [6.07, 6.45) is 1.28. The van der Waals surface area contributed by atoms with Crippen LogP contribution in [0.25, 0.3) is 10.9 Å². The molecule has 3 aromatic rings. The molecule has 2 aromatic heterocycles. The number of rotatable bonds is 6. The van der Waals surface area contributed by atoms with Crippen molar-refractivity contribution in [3.05, 3.63) is 64.2 Å². The Hall–Kier alpha value is -3.48. The highest BCUT2D eigenvalue weighted by atomic mass is 19.1. The second kappa shape index (κ2) is 9.79. The predicted octanol–water partition coefficient (Wildman–Crippen LogP) is 2.24. The second-order valence-corrected chi connectivity index (χ2v) is 8.62. The normalized spacial score (nSPS) is 20.2. The molecule has 0 unspecified atom stereocenters. The number of ether oxygens (including phenoxy) is 2. The molecule has 0 amide bonds. The number of benzene rings is 1. The van der Waals surface area contributed by atoms with Gasteiger partial charge in [-0.1, -0.05) is 6.07 Å². The van der Waals surface area contributed by atoms with Crippen LogP contribution in [0, 0.1) is 11.3 Å². The van der Waals surface area contributed by atoms with Crippen LogP contribution in [0.2, 0.25) is 0 Å². The molecule has 176 valence electrons. The van der Waals surface area contributed by atoms with Gasteiger partial charge in [-0.25, -0.2) is 4.39 Å². The van der Waals surface area contributed by atoms with Gasteiger partial charge < -0.3 is 19.4 Å². The minimum absolute atomic E-state index is 0.122. The lowest BCUT2D eigenvalue weighted by Gasteiger charge is -2.35. The van der Waals surface area contributed by atoms with Crippen LogP contribution in [0.3, 0.4) is 0 Å². The fourth-order valence-electron chi connectivity index (χ4n) is 4.55. The molecule has 0 radical (unpaired) electrons. The van der Waals surface area contributed by atoms with Crippen molar-refractivity contribution >= 4 is 10.9 Å². The van der Waals surface area contributed by atoms with Gasteiger partial charge >= 0.3 is 0 Å². The average Bonchev–Trinajstić information content (AvgIpc) is 2.87. The van der Waals surface area contributed by atoms with E-state index in [1.54, 1.807) is 29.0 Å². The van der Waals surface area contributed by atoms with Crippen molar-refractivity contribution in [2.45, 2.75) is 31.7 Å². The summed E-state index contributed by atoms with van der Waals surface area (Å²) in [5.74, 6) is 1.32. The molecule has 2 aliphatic rings. The second-order valence-electron chi connectivity index (χ2n) is 8.62. The number of piperidine rings is 1. The molecule has 5 rings (SSSR count). The van der Waals surface area contributed by atoms with Crippen molar-refractivity contribution in [2.24, 2.45) is 0 Å². The lowest BCUT2D eigenvalue weighted by atomic mass is 10.0. The zero-order chi connectivity index (χ0) is 23.5. The fourth-order valence-corrected chi connectivity index (χ4v) is 4.55. The molecular weight excluding hydrogens is 437 g/mol. The van der Waals surface area contributed by atoms with Crippen LogP contribution in [0.4, 0.5) is 4.39 Å². The fraction of sp³-hybridized carbons (Fsp3) is 0.400. The quantitative estimate of drug-likeness (QED) is 0.599. The Kier molecular flexibility index (Phi) is 6.43. The number of alkyl halides is 1. The van der Waals surface area contributed by atoms with Crippen molar-refractivity contribution < 1.29 is 13.9 Å². The smallest absolute Gasteiger partial charge is 0.251 e. The third-order valence-corrected chi connectivity index (χ3v) is 6.42. The maximum absolute atomic E-state index is 15.0. The van der Waals surface area contributed by atoms with E-state index in [0.29, 0.717) is 62.9 Å². The van der Waals surface area contributed by atoms with E-state index in [4.69, 9.17) is 9.47 Å². The first-order valence-corrected chi connectivity index (χ1v) is 11.5. The minimum Gasteiger partial charge on any atom is -0.486 e. The van der Waals surface area contributed by atoms with Gasteiger partial charge in [0.25, 0.3) is 5.56 Å². The van der Waals surface area contributed by atoms with Crippen LogP contribution < -0.4 is 20.3 Å². The molecule has 34 heavy (non-hydrogen) atoms. The first-order valence-electron chi connectivity index (χ1n) is 11.5. The van der Waals surface area contributed by atoms with Crippen LogP contribution >= 0.6 is 0 Å². The maximum Gasteiger partial charge on any atom is 0.251 e. The van der Waals surface area contributed by atoms with Crippen LogP contribution in [-0.2, 0) is 13.1 Å². The highest BCUT2D eigenvalue weighted by Crippen LogP contribution is 2.29. The number of nitrogens with zero attached hydrogens (tertiary/aromatic N) is 4. The summed E-state index contributed by atoms with van der Waals surface area (Å²) in [5.41, 5.74) is 1.90. The Labute approximate surface area is 196 Å². The predicted molar refractivity (Wildman–Crippen MR) is 125 cm³/mol. The molecule has 1 saturated heterocycles. The zero-order valence-electron chi connectivity index (χ0n) is 18.7. The third-order valence-electron chi connectivity index (χ3n) is 6.42.